The van der Waals surface area contributed by atoms with Crippen molar-refractivity contribution in [3.63, 3.8) is 0 Å². The van der Waals surface area contributed by atoms with Crippen molar-refractivity contribution in [2.75, 3.05) is 25.1 Å². The van der Waals surface area contributed by atoms with E-state index >= 15 is 0 Å². The van der Waals surface area contributed by atoms with Gasteiger partial charge in [-0.25, -0.2) is 0 Å². The summed E-state index contributed by atoms with van der Waals surface area (Å²) in [5.41, 5.74) is 8.88. The molecule has 0 aliphatic carbocycles. The third kappa shape index (κ3) is 5.81. The zero-order chi connectivity index (χ0) is 19.1. The van der Waals surface area contributed by atoms with Crippen LogP contribution < -0.4 is 15.8 Å². The number of benzene rings is 2. The molecule has 0 radical (unpaired) electrons. The highest BCUT2D eigenvalue weighted by molar-refractivity contribution is 5.91. The molecule has 5 nitrogen and oxygen atoms in total. The molecule has 2 aromatic carbocycles. The molecule has 1 amide bonds. The molecule has 5 heteroatoms. The maximum Gasteiger partial charge on any atom is 0.226 e. The minimum atomic E-state index is -0.319. The van der Waals surface area contributed by atoms with Crippen molar-refractivity contribution in [2.24, 2.45) is 11.7 Å². The van der Waals surface area contributed by atoms with E-state index in [0.29, 0.717) is 12.5 Å². The van der Waals surface area contributed by atoms with Crippen LogP contribution in [0.3, 0.4) is 0 Å². The largest absolute Gasteiger partial charge is 0.493 e. The van der Waals surface area contributed by atoms with Gasteiger partial charge in [-0.15, -0.1) is 0 Å². The van der Waals surface area contributed by atoms with Crippen molar-refractivity contribution in [1.82, 2.24) is 0 Å². The van der Waals surface area contributed by atoms with Crippen LogP contribution in [0.25, 0.3) is 0 Å². The molecule has 0 aromatic heterocycles. The van der Waals surface area contributed by atoms with Crippen LogP contribution in [0.15, 0.2) is 48.5 Å². The maximum absolute atomic E-state index is 12.4. The molecule has 1 atom stereocenters. The first-order chi connectivity index (χ1) is 13.1. The van der Waals surface area contributed by atoms with Crippen molar-refractivity contribution in [3.05, 3.63) is 59.7 Å². The number of anilines is 1. The molecule has 0 bridgehead atoms. The molecule has 3 rings (SSSR count). The van der Waals surface area contributed by atoms with Crippen LogP contribution in [0.1, 0.15) is 36.4 Å². The minimum absolute atomic E-state index is 0.106. The van der Waals surface area contributed by atoms with E-state index in [0.717, 1.165) is 48.6 Å². The molecule has 1 heterocycles. The molecule has 2 aromatic rings. The van der Waals surface area contributed by atoms with E-state index in [-0.39, 0.29) is 18.4 Å². The zero-order valence-corrected chi connectivity index (χ0v) is 15.8. The number of hydrogen-bond acceptors (Lipinski definition) is 4. The highest BCUT2D eigenvalue weighted by Crippen LogP contribution is 2.25. The number of carbonyl (C=O) groups is 1. The van der Waals surface area contributed by atoms with E-state index in [1.807, 2.05) is 55.5 Å². The molecule has 0 saturated carbocycles. The van der Waals surface area contributed by atoms with Crippen LogP contribution in [-0.4, -0.2) is 25.7 Å². The van der Waals surface area contributed by atoms with Crippen molar-refractivity contribution >= 4 is 11.6 Å². The Labute approximate surface area is 160 Å². The van der Waals surface area contributed by atoms with Gasteiger partial charge in [-0.05, 0) is 42.9 Å². The number of ether oxygens (including phenoxy) is 2. The Kier molecular flexibility index (Phi) is 6.85. The predicted octanol–water partition coefficient (Wildman–Crippen LogP) is 3.83. The van der Waals surface area contributed by atoms with Gasteiger partial charge in [0.15, 0.2) is 0 Å². The van der Waals surface area contributed by atoms with Crippen LogP contribution in [0.2, 0.25) is 0 Å². The summed E-state index contributed by atoms with van der Waals surface area (Å²) in [5.74, 6) is 1.23. The minimum Gasteiger partial charge on any atom is -0.493 e. The lowest BCUT2D eigenvalue weighted by Crippen LogP contribution is -2.22. The standard InChI is InChI=1S/C22H28N2O3/c1-16-7-8-19(13-21(16)27-15-17-9-11-26-12-10-17)24-22(25)14-20(23)18-5-3-2-4-6-18/h2-8,13,17,20H,9-12,14-15,23H2,1H3,(H,24,25). The Morgan fingerprint density at radius 3 is 2.70 bits per heavy atom. The number of nitrogens with two attached hydrogens (primary N) is 1. The fourth-order valence-corrected chi connectivity index (χ4v) is 3.18. The average molecular weight is 368 g/mol. The Balaban J connectivity index is 1.55. The average Bonchev–Trinajstić information content (AvgIpc) is 2.69. The quantitative estimate of drug-likeness (QED) is 0.779. The summed E-state index contributed by atoms with van der Waals surface area (Å²) in [6, 6.07) is 15.1. The summed E-state index contributed by atoms with van der Waals surface area (Å²) in [6.45, 7) is 4.31. The van der Waals surface area contributed by atoms with Gasteiger partial charge in [0.05, 0.1) is 6.61 Å². The lowest BCUT2D eigenvalue weighted by atomic mass is 10.0. The molecule has 3 N–H and O–H groups in total. The van der Waals surface area contributed by atoms with Gasteiger partial charge in [-0.1, -0.05) is 36.4 Å². The number of nitrogens with one attached hydrogen (secondary N) is 1. The summed E-state index contributed by atoms with van der Waals surface area (Å²) in [4.78, 5) is 12.4. The molecule has 1 aliphatic rings. The second kappa shape index (κ2) is 9.53. The van der Waals surface area contributed by atoms with Crippen LogP contribution in [0, 0.1) is 12.8 Å². The summed E-state index contributed by atoms with van der Waals surface area (Å²) in [6.07, 6.45) is 2.30. The van der Waals surface area contributed by atoms with E-state index in [4.69, 9.17) is 15.2 Å². The monoisotopic (exact) mass is 368 g/mol. The van der Waals surface area contributed by atoms with E-state index in [2.05, 4.69) is 5.32 Å². The number of amides is 1. The molecule has 27 heavy (non-hydrogen) atoms. The summed E-state index contributed by atoms with van der Waals surface area (Å²) in [5, 5.41) is 2.93. The van der Waals surface area contributed by atoms with Crippen LogP contribution in [0.5, 0.6) is 5.75 Å². The number of hydrogen-bond donors (Lipinski definition) is 2. The molecule has 0 spiro atoms. The van der Waals surface area contributed by atoms with Crippen LogP contribution >= 0.6 is 0 Å². The number of rotatable bonds is 7. The molecular weight excluding hydrogens is 340 g/mol. The van der Waals surface area contributed by atoms with Gasteiger partial charge in [-0.3, -0.25) is 4.79 Å². The fourth-order valence-electron chi connectivity index (χ4n) is 3.18. The molecular formula is C22H28N2O3. The van der Waals surface area contributed by atoms with Crippen LogP contribution in [0.4, 0.5) is 5.69 Å². The number of carbonyl (C=O) groups excluding carboxylic acids is 1. The summed E-state index contributed by atoms with van der Waals surface area (Å²) in [7, 11) is 0. The molecule has 1 saturated heterocycles. The van der Waals surface area contributed by atoms with E-state index in [9.17, 15) is 4.79 Å². The highest BCUT2D eigenvalue weighted by Gasteiger charge is 2.16. The molecule has 144 valence electrons. The summed E-state index contributed by atoms with van der Waals surface area (Å²) >= 11 is 0. The topological polar surface area (TPSA) is 73.6 Å². The van der Waals surface area contributed by atoms with Crippen molar-refractivity contribution in [2.45, 2.75) is 32.2 Å². The Morgan fingerprint density at radius 1 is 1.22 bits per heavy atom. The second-order valence-corrected chi connectivity index (χ2v) is 7.12. The summed E-state index contributed by atoms with van der Waals surface area (Å²) < 4.78 is 11.4. The van der Waals surface area contributed by atoms with Gasteiger partial charge >= 0.3 is 0 Å². The van der Waals surface area contributed by atoms with E-state index in [1.165, 1.54) is 0 Å². The number of aryl methyl sites for hydroxylation is 1. The third-order valence-corrected chi connectivity index (χ3v) is 4.92. The molecule has 1 fully saturated rings. The Morgan fingerprint density at radius 2 is 1.96 bits per heavy atom. The smallest absolute Gasteiger partial charge is 0.226 e. The molecule has 1 unspecified atom stereocenters. The van der Waals surface area contributed by atoms with Crippen molar-refractivity contribution in [3.8, 4) is 5.75 Å². The Bertz CT molecular complexity index is 742. The SMILES string of the molecule is Cc1ccc(NC(=O)CC(N)c2ccccc2)cc1OCC1CCOCC1. The first-order valence-corrected chi connectivity index (χ1v) is 9.53. The second-order valence-electron chi connectivity index (χ2n) is 7.12. The van der Waals surface area contributed by atoms with Gasteiger partial charge < -0.3 is 20.5 Å². The van der Waals surface area contributed by atoms with Gasteiger partial charge in [0.2, 0.25) is 5.91 Å². The maximum atomic E-state index is 12.4. The van der Waals surface area contributed by atoms with E-state index < -0.39 is 0 Å². The van der Waals surface area contributed by atoms with Crippen molar-refractivity contribution < 1.29 is 14.3 Å². The Hall–Kier alpha value is -2.37. The lowest BCUT2D eigenvalue weighted by Gasteiger charge is -2.22. The lowest BCUT2D eigenvalue weighted by molar-refractivity contribution is -0.116. The third-order valence-electron chi connectivity index (χ3n) is 4.92. The van der Waals surface area contributed by atoms with Crippen molar-refractivity contribution in [1.29, 1.82) is 0 Å². The highest BCUT2D eigenvalue weighted by atomic mass is 16.5. The van der Waals surface area contributed by atoms with Gasteiger partial charge in [0.25, 0.3) is 0 Å². The zero-order valence-electron chi connectivity index (χ0n) is 15.8. The normalized spacial score (nSPS) is 15.9. The fraction of sp³-hybridized carbons (Fsp3) is 0.409. The van der Waals surface area contributed by atoms with E-state index in [1.54, 1.807) is 0 Å². The molecule has 1 aliphatic heterocycles. The predicted molar refractivity (Wildman–Crippen MR) is 107 cm³/mol. The van der Waals surface area contributed by atoms with Gasteiger partial charge in [0, 0.05) is 37.4 Å². The van der Waals surface area contributed by atoms with Gasteiger partial charge in [0.1, 0.15) is 5.75 Å². The van der Waals surface area contributed by atoms with Crippen LogP contribution in [-0.2, 0) is 9.53 Å². The van der Waals surface area contributed by atoms with Gasteiger partial charge in [-0.2, -0.15) is 0 Å². The first-order valence-electron chi connectivity index (χ1n) is 9.53. The first kappa shape index (κ1) is 19.4.